The highest BCUT2D eigenvalue weighted by atomic mass is 35.5. The first-order chi connectivity index (χ1) is 11.7. The first kappa shape index (κ1) is 17.4. The van der Waals surface area contributed by atoms with Gasteiger partial charge in [-0.1, -0.05) is 54.1 Å². The lowest BCUT2D eigenvalue weighted by Crippen LogP contribution is -2.37. The number of aliphatic hydroxyl groups excluding tert-OH is 1. The lowest BCUT2D eigenvalue weighted by Gasteiger charge is -2.30. The Hall–Kier alpha value is -1.39. The Morgan fingerprint density at radius 1 is 1.00 bits per heavy atom. The molecule has 0 saturated carbocycles. The van der Waals surface area contributed by atoms with Crippen LogP contribution in [0.3, 0.4) is 0 Å². The summed E-state index contributed by atoms with van der Waals surface area (Å²) in [6, 6.07) is 18.1. The van der Waals surface area contributed by atoms with E-state index in [0.29, 0.717) is 6.61 Å². The highest BCUT2D eigenvalue weighted by Crippen LogP contribution is 2.27. The lowest BCUT2D eigenvalue weighted by molar-refractivity contribution is 0.0357. The van der Waals surface area contributed by atoms with E-state index in [4.69, 9.17) is 16.3 Å². The Labute approximate surface area is 148 Å². The number of hydrogen-bond donors (Lipinski definition) is 1. The van der Waals surface area contributed by atoms with Gasteiger partial charge in [0.25, 0.3) is 0 Å². The molecule has 3 rings (SSSR count). The zero-order valence-electron chi connectivity index (χ0n) is 13.8. The first-order valence-electron chi connectivity index (χ1n) is 8.55. The van der Waals surface area contributed by atoms with Gasteiger partial charge in [0.05, 0.1) is 12.7 Å². The Morgan fingerprint density at radius 2 is 1.62 bits per heavy atom. The SMILES string of the molecule is OC1CCN(CCOC(c2ccccc2)c2ccc(Cl)cc2)CC1. The summed E-state index contributed by atoms with van der Waals surface area (Å²) in [5.74, 6) is 0. The smallest absolute Gasteiger partial charge is 0.108 e. The molecule has 3 nitrogen and oxygen atoms in total. The fraction of sp³-hybridized carbons (Fsp3) is 0.400. The number of benzene rings is 2. The van der Waals surface area contributed by atoms with Gasteiger partial charge in [-0.3, -0.25) is 0 Å². The summed E-state index contributed by atoms with van der Waals surface area (Å²) in [5, 5.41) is 10.3. The lowest BCUT2D eigenvalue weighted by atomic mass is 10.0. The van der Waals surface area contributed by atoms with Crippen molar-refractivity contribution < 1.29 is 9.84 Å². The summed E-state index contributed by atoms with van der Waals surface area (Å²) in [5.41, 5.74) is 2.26. The molecule has 0 aromatic heterocycles. The van der Waals surface area contributed by atoms with Crippen LogP contribution < -0.4 is 0 Å². The highest BCUT2D eigenvalue weighted by molar-refractivity contribution is 6.30. The average molecular weight is 346 g/mol. The van der Waals surface area contributed by atoms with Crippen molar-refractivity contribution in [2.75, 3.05) is 26.2 Å². The second kappa shape index (κ2) is 8.63. The van der Waals surface area contributed by atoms with Crippen molar-refractivity contribution in [2.24, 2.45) is 0 Å². The molecule has 2 aromatic carbocycles. The molecule has 1 aliphatic heterocycles. The van der Waals surface area contributed by atoms with Gasteiger partial charge in [0.1, 0.15) is 6.10 Å². The minimum atomic E-state index is -0.131. The maximum atomic E-state index is 9.59. The van der Waals surface area contributed by atoms with E-state index in [1.807, 2.05) is 42.5 Å². The molecule has 2 aromatic rings. The van der Waals surface area contributed by atoms with Crippen LogP contribution in [0.15, 0.2) is 54.6 Å². The van der Waals surface area contributed by atoms with Gasteiger partial charge >= 0.3 is 0 Å². The number of hydrogen-bond acceptors (Lipinski definition) is 3. The van der Waals surface area contributed by atoms with Crippen LogP contribution in [0, 0.1) is 0 Å². The molecule has 0 radical (unpaired) electrons. The van der Waals surface area contributed by atoms with E-state index in [0.717, 1.165) is 48.6 Å². The molecule has 0 amide bonds. The van der Waals surface area contributed by atoms with E-state index in [9.17, 15) is 5.11 Å². The van der Waals surface area contributed by atoms with E-state index in [-0.39, 0.29) is 12.2 Å². The van der Waals surface area contributed by atoms with Crippen LogP contribution >= 0.6 is 11.6 Å². The van der Waals surface area contributed by atoms with Crippen molar-refractivity contribution in [3.63, 3.8) is 0 Å². The molecule has 128 valence electrons. The third-order valence-corrected chi connectivity index (χ3v) is 4.78. The topological polar surface area (TPSA) is 32.7 Å². The zero-order chi connectivity index (χ0) is 16.8. The molecule has 1 N–H and O–H groups in total. The predicted octanol–water partition coefficient (Wildman–Crippen LogP) is 3.90. The van der Waals surface area contributed by atoms with Crippen molar-refractivity contribution >= 4 is 11.6 Å². The van der Waals surface area contributed by atoms with Crippen LogP contribution in [0.4, 0.5) is 0 Å². The summed E-state index contributed by atoms with van der Waals surface area (Å²) in [6.07, 6.45) is 1.51. The fourth-order valence-electron chi connectivity index (χ4n) is 3.09. The predicted molar refractivity (Wildman–Crippen MR) is 97.4 cm³/mol. The van der Waals surface area contributed by atoms with E-state index in [1.54, 1.807) is 0 Å². The summed E-state index contributed by atoms with van der Waals surface area (Å²) in [4.78, 5) is 2.36. The molecule has 1 aliphatic rings. The molecule has 0 aliphatic carbocycles. The summed E-state index contributed by atoms with van der Waals surface area (Å²) < 4.78 is 6.24. The van der Waals surface area contributed by atoms with Crippen molar-refractivity contribution in [2.45, 2.75) is 25.0 Å². The molecular formula is C20H24ClNO2. The molecule has 1 unspecified atom stereocenters. The molecule has 1 saturated heterocycles. The number of aliphatic hydroxyl groups is 1. The van der Waals surface area contributed by atoms with Crippen LogP contribution in [0.2, 0.25) is 5.02 Å². The van der Waals surface area contributed by atoms with Gasteiger partial charge in [-0.05, 0) is 36.1 Å². The minimum absolute atomic E-state index is 0.0844. The van der Waals surface area contributed by atoms with Crippen LogP contribution in [0.25, 0.3) is 0 Å². The van der Waals surface area contributed by atoms with Crippen LogP contribution in [0.1, 0.15) is 30.1 Å². The number of halogens is 1. The monoisotopic (exact) mass is 345 g/mol. The third-order valence-electron chi connectivity index (χ3n) is 4.52. The van der Waals surface area contributed by atoms with Gasteiger partial charge in [-0.15, -0.1) is 0 Å². The van der Waals surface area contributed by atoms with E-state index < -0.39 is 0 Å². The molecule has 4 heteroatoms. The van der Waals surface area contributed by atoms with Gasteiger partial charge in [-0.2, -0.15) is 0 Å². The fourth-order valence-corrected chi connectivity index (χ4v) is 3.22. The van der Waals surface area contributed by atoms with E-state index in [2.05, 4.69) is 17.0 Å². The van der Waals surface area contributed by atoms with Gasteiger partial charge in [-0.25, -0.2) is 0 Å². The van der Waals surface area contributed by atoms with Gasteiger partial charge in [0.15, 0.2) is 0 Å². The summed E-state index contributed by atoms with van der Waals surface area (Å²) >= 11 is 6.01. The Morgan fingerprint density at radius 3 is 2.29 bits per heavy atom. The third kappa shape index (κ3) is 4.81. The molecule has 1 heterocycles. The number of ether oxygens (including phenoxy) is 1. The Balaban J connectivity index is 1.63. The average Bonchev–Trinajstić information content (AvgIpc) is 2.62. The number of likely N-dealkylation sites (tertiary alicyclic amines) is 1. The largest absolute Gasteiger partial charge is 0.393 e. The normalized spacial score (nSPS) is 17.8. The van der Waals surface area contributed by atoms with Crippen molar-refractivity contribution in [3.8, 4) is 0 Å². The molecule has 0 spiro atoms. The highest BCUT2D eigenvalue weighted by Gasteiger charge is 2.18. The number of rotatable bonds is 6. The molecule has 24 heavy (non-hydrogen) atoms. The second-order valence-electron chi connectivity index (χ2n) is 6.29. The Kier molecular flexibility index (Phi) is 6.27. The van der Waals surface area contributed by atoms with E-state index >= 15 is 0 Å². The maximum absolute atomic E-state index is 9.59. The maximum Gasteiger partial charge on any atom is 0.108 e. The molecule has 1 fully saturated rings. The Bertz CT molecular complexity index is 609. The van der Waals surface area contributed by atoms with Crippen molar-refractivity contribution in [3.05, 3.63) is 70.7 Å². The summed E-state index contributed by atoms with van der Waals surface area (Å²) in [7, 11) is 0. The number of nitrogens with zero attached hydrogens (tertiary/aromatic N) is 1. The minimum Gasteiger partial charge on any atom is -0.393 e. The van der Waals surface area contributed by atoms with Crippen LogP contribution in [-0.2, 0) is 4.74 Å². The number of piperidine rings is 1. The van der Waals surface area contributed by atoms with Crippen LogP contribution in [-0.4, -0.2) is 42.4 Å². The molecule has 0 bridgehead atoms. The molecular weight excluding hydrogens is 322 g/mol. The quantitative estimate of drug-likeness (QED) is 0.861. The zero-order valence-corrected chi connectivity index (χ0v) is 14.5. The van der Waals surface area contributed by atoms with Crippen molar-refractivity contribution in [1.82, 2.24) is 4.90 Å². The van der Waals surface area contributed by atoms with Gasteiger partial charge < -0.3 is 14.7 Å². The van der Waals surface area contributed by atoms with Crippen LogP contribution in [0.5, 0.6) is 0 Å². The van der Waals surface area contributed by atoms with Gasteiger partial charge in [0.2, 0.25) is 0 Å². The molecule has 1 atom stereocenters. The summed E-state index contributed by atoms with van der Waals surface area (Å²) in [6.45, 7) is 3.45. The second-order valence-corrected chi connectivity index (χ2v) is 6.72. The van der Waals surface area contributed by atoms with Crippen molar-refractivity contribution in [1.29, 1.82) is 0 Å². The standard InChI is InChI=1S/C20H24ClNO2/c21-18-8-6-17(7-9-18)20(16-4-2-1-3-5-16)24-15-14-22-12-10-19(23)11-13-22/h1-9,19-20,23H,10-15H2. The van der Waals surface area contributed by atoms with E-state index in [1.165, 1.54) is 0 Å². The first-order valence-corrected chi connectivity index (χ1v) is 8.92. The van der Waals surface area contributed by atoms with Gasteiger partial charge in [0, 0.05) is 24.7 Å².